The lowest BCUT2D eigenvalue weighted by atomic mass is 10.1. The Labute approximate surface area is 168 Å². The van der Waals surface area contributed by atoms with Gasteiger partial charge in [-0.05, 0) is 31.2 Å². The molecule has 0 radical (unpaired) electrons. The summed E-state index contributed by atoms with van der Waals surface area (Å²) in [7, 11) is 1.48. The van der Waals surface area contributed by atoms with E-state index in [1.54, 1.807) is 48.5 Å². The van der Waals surface area contributed by atoms with Crippen LogP contribution in [0, 0.1) is 0 Å². The van der Waals surface area contributed by atoms with Gasteiger partial charge in [-0.25, -0.2) is 0 Å². The largest absolute Gasteiger partial charge is 0.495 e. The molecule has 2 N–H and O–H groups in total. The lowest BCUT2D eigenvalue weighted by molar-refractivity contribution is -0.147. The summed E-state index contributed by atoms with van der Waals surface area (Å²) in [6.07, 6.45) is -0.294. The van der Waals surface area contributed by atoms with E-state index in [9.17, 15) is 19.2 Å². The number of amides is 2. The number of rotatable bonds is 9. The van der Waals surface area contributed by atoms with Crippen molar-refractivity contribution in [1.82, 2.24) is 0 Å². The number of methoxy groups -OCH3 is 1. The number of carbonyl (C=O) groups is 4. The van der Waals surface area contributed by atoms with Crippen molar-refractivity contribution in [1.29, 1.82) is 0 Å². The molecule has 152 valence electrons. The number of Topliss-reactive ketones (excluding diaryl/α,β-unsaturated/α-hetero) is 1. The Morgan fingerprint density at radius 1 is 0.897 bits per heavy atom. The first kappa shape index (κ1) is 21.6. The highest BCUT2D eigenvalue weighted by Gasteiger charge is 2.12. The van der Waals surface area contributed by atoms with Crippen molar-refractivity contribution in [2.24, 2.45) is 0 Å². The zero-order valence-corrected chi connectivity index (χ0v) is 16.2. The first-order valence-electron chi connectivity index (χ1n) is 8.88. The zero-order chi connectivity index (χ0) is 21.2. The maximum Gasteiger partial charge on any atom is 0.306 e. The highest BCUT2D eigenvalue weighted by Crippen LogP contribution is 2.22. The highest BCUT2D eigenvalue weighted by atomic mass is 16.5. The van der Waals surface area contributed by atoms with Gasteiger partial charge in [0.25, 0.3) is 5.91 Å². The van der Waals surface area contributed by atoms with Crippen LogP contribution < -0.4 is 15.4 Å². The molecule has 2 aromatic rings. The summed E-state index contributed by atoms with van der Waals surface area (Å²) in [5.41, 5.74) is 1.40. The number of nitrogens with one attached hydrogen (secondary N) is 2. The van der Waals surface area contributed by atoms with E-state index in [0.29, 0.717) is 22.7 Å². The lowest BCUT2D eigenvalue weighted by Gasteiger charge is -2.10. The van der Waals surface area contributed by atoms with Gasteiger partial charge in [-0.2, -0.15) is 0 Å². The first-order chi connectivity index (χ1) is 13.9. The summed E-state index contributed by atoms with van der Waals surface area (Å²) >= 11 is 0. The summed E-state index contributed by atoms with van der Waals surface area (Å²) in [6, 6.07) is 13.3. The van der Waals surface area contributed by atoms with Gasteiger partial charge < -0.3 is 20.1 Å². The SMILES string of the molecule is COc1ccccc1NC(=O)COC(=O)CCC(=O)Nc1cccc(C(C)=O)c1. The van der Waals surface area contributed by atoms with E-state index < -0.39 is 24.4 Å². The van der Waals surface area contributed by atoms with Crippen LogP contribution >= 0.6 is 0 Å². The molecule has 0 aliphatic heterocycles. The van der Waals surface area contributed by atoms with Crippen molar-refractivity contribution in [3.8, 4) is 5.75 Å². The second-order valence-corrected chi connectivity index (χ2v) is 6.09. The van der Waals surface area contributed by atoms with Crippen LogP contribution in [0.3, 0.4) is 0 Å². The van der Waals surface area contributed by atoms with E-state index in [1.165, 1.54) is 14.0 Å². The summed E-state index contributed by atoms with van der Waals surface area (Å²) in [4.78, 5) is 47.0. The molecule has 0 aliphatic carbocycles. The van der Waals surface area contributed by atoms with Crippen molar-refractivity contribution < 1.29 is 28.7 Å². The number of hydrogen-bond acceptors (Lipinski definition) is 6. The average Bonchev–Trinajstić information content (AvgIpc) is 2.71. The van der Waals surface area contributed by atoms with Crippen LogP contribution in [0.1, 0.15) is 30.1 Å². The van der Waals surface area contributed by atoms with Crippen molar-refractivity contribution in [2.45, 2.75) is 19.8 Å². The molecule has 0 unspecified atom stereocenters. The fourth-order valence-corrected chi connectivity index (χ4v) is 2.41. The Bertz CT molecular complexity index is 910. The van der Waals surface area contributed by atoms with Gasteiger partial charge in [0.05, 0.1) is 19.2 Å². The molecule has 0 spiro atoms. The van der Waals surface area contributed by atoms with Gasteiger partial charge in [0.15, 0.2) is 12.4 Å². The molecule has 2 amide bonds. The molecule has 8 nitrogen and oxygen atoms in total. The number of ketones is 1. The molecule has 0 atom stereocenters. The molecule has 0 aromatic heterocycles. The molecular weight excluding hydrogens is 376 g/mol. The molecule has 2 rings (SSSR count). The minimum Gasteiger partial charge on any atom is -0.495 e. The van der Waals surface area contributed by atoms with Gasteiger partial charge in [-0.15, -0.1) is 0 Å². The Hall–Kier alpha value is -3.68. The fourth-order valence-electron chi connectivity index (χ4n) is 2.41. The molecule has 0 saturated carbocycles. The Balaban J connectivity index is 1.73. The van der Waals surface area contributed by atoms with E-state index in [1.807, 2.05) is 0 Å². The first-order valence-corrected chi connectivity index (χ1v) is 8.88. The number of anilines is 2. The molecule has 0 saturated heterocycles. The van der Waals surface area contributed by atoms with Crippen LogP contribution in [0.4, 0.5) is 11.4 Å². The van der Waals surface area contributed by atoms with Crippen LogP contribution in [0.15, 0.2) is 48.5 Å². The zero-order valence-electron chi connectivity index (χ0n) is 16.2. The van der Waals surface area contributed by atoms with Crippen LogP contribution in [0.25, 0.3) is 0 Å². The summed E-state index contributed by atoms with van der Waals surface area (Å²) in [6.45, 7) is 0.958. The third-order valence-electron chi connectivity index (χ3n) is 3.85. The number of ether oxygens (including phenoxy) is 2. The molecule has 0 aliphatic rings. The van der Waals surface area contributed by atoms with Gasteiger partial charge in [0, 0.05) is 17.7 Å². The Morgan fingerprint density at radius 3 is 2.38 bits per heavy atom. The second kappa shape index (κ2) is 10.6. The van der Waals surface area contributed by atoms with E-state index in [2.05, 4.69) is 10.6 Å². The van der Waals surface area contributed by atoms with Gasteiger partial charge in [0.1, 0.15) is 5.75 Å². The molecule has 2 aromatic carbocycles. The molecule has 29 heavy (non-hydrogen) atoms. The Kier molecular flexibility index (Phi) is 7.90. The Morgan fingerprint density at radius 2 is 1.66 bits per heavy atom. The third-order valence-corrected chi connectivity index (χ3v) is 3.85. The molecular formula is C21H22N2O6. The number of hydrogen-bond donors (Lipinski definition) is 2. The van der Waals surface area contributed by atoms with E-state index in [0.717, 1.165) is 0 Å². The monoisotopic (exact) mass is 398 g/mol. The molecule has 0 fully saturated rings. The van der Waals surface area contributed by atoms with Crippen LogP contribution in [-0.2, 0) is 19.1 Å². The van der Waals surface area contributed by atoms with Gasteiger partial charge >= 0.3 is 5.97 Å². The van der Waals surface area contributed by atoms with Crippen molar-refractivity contribution in [3.05, 3.63) is 54.1 Å². The van der Waals surface area contributed by atoms with Crippen LogP contribution in [0.2, 0.25) is 0 Å². The summed E-state index contributed by atoms with van der Waals surface area (Å²) in [5.74, 6) is -1.23. The second-order valence-electron chi connectivity index (χ2n) is 6.09. The fraction of sp³-hybridized carbons (Fsp3) is 0.238. The number of esters is 1. The van der Waals surface area contributed by atoms with Gasteiger partial charge in [-0.1, -0.05) is 24.3 Å². The molecule has 0 bridgehead atoms. The summed E-state index contributed by atoms with van der Waals surface area (Å²) < 4.78 is 10.0. The number of carbonyl (C=O) groups excluding carboxylic acids is 4. The highest BCUT2D eigenvalue weighted by molar-refractivity contribution is 5.98. The maximum absolute atomic E-state index is 12.0. The van der Waals surface area contributed by atoms with Gasteiger partial charge in [0.2, 0.25) is 5.91 Å². The van der Waals surface area contributed by atoms with Crippen LogP contribution in [-0.4, -0.2) is 37.3 Å². The quantitative estimate of drug-likeness (QED) is 0.496. The van der Waals surface area contributed by atoms with Crippen LogP contribution in [0.5, 0.6) is 5.75 Å². The number of para-hydroxylation sites is 2. The van der Waals surface area contributed by atoms with E-state index in [4.69, 9.17) is 9.47 Å². The molecule has 8 heteroatoms. The number of benzene rings is 2. The van der Waals surface area contributed by atoms with E-state index >= 15 is 0 Å². The maximum atomic E-state index is 12.0. The van der Waals surface area contributed by atoms with Crippen molar-refractivity contribution in [2.75, 3.05) is 24.4 Å². The third kappa shape index (κ3) is 7.10. The smallest absolute Gasteiger partial charge is 0.306 e. The minimum atomic E-state index is -0.673. The predicted molar refractivity (Wildman–Crippen MR) is 107 cm³/mol. The molecule has 0 heterocycles. The normalized spacial score (nSPS) is 10.0. The van der Waals surface area contributed by atoms with Gasteiger partial charge in [-0.3, -0.25) is 19.2 Å². The van der Waals surface area contributed by atoms with Crippen molar-refractivity contribution in [3.63, 3.8) is 0 Å². The van der Waals surface area contributed by atoms with E-state index in [-0.39, 0.29) is 18.6 Å². The summed E-state index contributed by atoms with van der Waals surface area (Å²) in [5, 5.41) is 5.19. The lowest BCUT2D eigenvalue weighted by Crippen LogP contribution is -2.22. The average molecular weight is 398 g/mol. The topological polar surface area (TPSA) is 111 Å². The van der Waals surface area contributed by atoms with Crippen molar-refractivity contribution >= 4 is 34.9 Å². The minimum absolute atomic E-state index is 0.114. The predicted octanol–water partition coefficient (Wildman–Crippen LogP) is 2.80. The standard InChI is InChI=1S/C21H22N2O6/c1-14(24)15-6-5-7-16(12-15)22-19(25)10-11-21(27)29-13-20(26)23-17-8-3-4-9-18(17)28-2/h3-9,12H,10-11,13H2,1-2H3,(H,22,25)(H,23,26).